The first-order chi connectivity index (χ1) is 11.6. The van der Waals surface area contributed by atoms with Gasteiger partial charge in [0.1, 0.15) is 0 Å². The molecule has 24 heavy (non-hydrogen) atoms. The molecule has 0 spiro atoms. The Kier molecular flexibility index (Phi) is 5.15. The summed E-state index contributed by atoms with van der Waals surface area (Å²) in [4.78, 5) is 26.0. The van der Waals surface area contributed by atoms with Crippen molar-refractivity contribution in [2.24, 2.45) is 0 Å². The molecular formula is C18H18BrN3O2. The van der Waals surface area contributed by atoms with Gasteiger partial charge in [-0.3, -0.25) is 4.79 Å². The van der Waals surface area contributed by atoms with Gasteiger partial charge in [0, 0.05) is 29.7 Å². The Morgan fingerprint density at radius 3 is 2.54 bits per heavy atom. The van der Waals surface area contributed by atoms with Crippen LogP contribution in [0, 0.1) is 0 Å². The van der Waals surface area contributed by atoms with Crippen molar-refractivity contribution in [3.05, 3.63) is 64.6 Å². The van der Waals surface area contributed by atoms with Gasteiger partial charge in [0.15, 0.2) is 0 Å². The van der Waals surface area contributed by atoms with Gasteiger partial charge in [-0.15, -0.1) is 0 Å². The number of rotatable bonds is 4. The van der Waals surface area contributed by atoms with Crippen molar-refractivity contribution >= 4 is 33.6 Å². The lowest BCUT2D eigenvalue weighted by atomic mass is 10.2. The lowest BCUT2D eigenvalue weighted by Gasteiger charge is -2.17. The summed E-state index contributed by atoms with van der Waals surface area (Å²) >= 11 is 3.35. The average Bonchev–Trinajstić information content (AvgIpc) is 2.90. The molecule has 1 aliphatic rings. The van der Waals surface area contributed by atoms with E-state index in [4.69, 9.17) is 0 Å². The number of likely N-dealkylation sites (tertiary alicyclic amines) is 1. The highest BCUT2D eigenvalue weighted by Crippen LogP contribution is 2.16. The van der Waals surface area contributed by atoms with E-state index in [1.54, 1.807) is 4.90 Å². The van der Waals surface area contributed by atoms with Crippen LogP contribution in [0.25, 0.3) is 0 Å². The normalized spacial score (nSPS) is 17.0. The molecule has 2 aromatic rings. The smallest absolute Gasteiger partial charge is 0.319 e. The molecule has 1 saturated heterocycles. The van der Waals surface area contributed by atoms with Gasteiger partial charge < -0.3 is 15.5 Å². The third kappa shape index (κ3) is 4.35. The molecule has 0 aromatic heterocycles. The van der Waals surface area contributed by atoms with Crippen LogP contribution in [0.15, 0.2) is 59.1 Å². The predicted octanol–water partition coefficient (Wildman–Crippen LogP) is 3.37. The van der Waals surface area contributed by atoms with E-state index in [1.165, 1.54) is 0 Å². The highest BCUT2D eigenvalue weighted by molar-refractivity contribution is 9.10. The molecule has 0 saturated carbocycles. The largest absolute Gasteiger partial charge is 0.336 e. The third-order valence-corrected chi connectivity index (χ3v) is 4.40. The summed E-state index contributed by atoms with van der Waals surface area (Å²) in [5.41, 5.74) is 1.80. The molecule has 1 unspecified atom stereocenters. The van der Waals surface area contributed by atoms with E-state index in [-0.39, 0.29) is 18.0 Å². The molecule has 5 nitrogen and oxygen atoms in total. The van der Waals surface area contributed by atoms with Crippen LogP contribution in [0.1, 0.15) is 12.0 Å². The van der Waals surface area contributed by atoms with Gasteiger partial charge in [0.05, 0.1) is 6.04 Å². The average molecular weight is 388 g/mol. The van der Waals surface area contributed by atoms with Crippen LogP contribution in [0.3, 0.4) is 0 Å². The van der Waals surface area contributed by atoms with Crippen LogP contribution < -0.4 is 10.6 Å². The molecule has 0 aliphatic carbocycles. The van der Waals surface area contributed by atoms with Crippen molar-refractivity contribution in [3.63, 3.8) is 0 Å². The van der Waals surface area contributed by atoms with E-state index >= 15 is 0 Å². The van der Waals surface area contributed by atoms with Gasteiger partial charge in [0.2, 0.25) is 5.91 Å². The summed E-state index contributed by atoms with van der Waals surface area (Å²) in [6, 6.07) is 16.7. The minimum Gasteiger partial charge on any atom is -0.336 e. The van der Waals surface area contributed by atoms with Gasteiger partial charge in [0.25, 0.3) is 0 Å². The molecule has 0 bridgehead atoms. The Balaban J connectivity index is 1.52. The number of hydrogen-bond donors (Lipinski definition) is 2. The van der Waals surface area contributed by atoms with Crippen molar-refractivity contribution in [1.82, 2.24) is 10.2 Å². The van der Waals surface area contributed by atoms with Crippen LogP contribution in [0.5, 0.6) is 0 Å². The second kappa shape index (κ2) is 7.49. The zero-order valence-corrected chi connectivity index (χ0v) is 14.6. The quantitative estimate of drug-likeness (QED) is 0.844. The topological polar surface area (TPSA) is 61.4 Å². The molecule has 1 heterocycles. The molecule has 2 aromatic carbocycles. The maximum atomic E-state index is 12.1. The van der Waals surface area contributed by atoms with E-state index in [0.717, 1.165) is 10.0 Å². The standard InChI is InChI=1S/C18H18BrN3O2/c19-14-6-8-15(9-7-14)20-18(24)21-16-10-17(23)22(12-16)11-13-4-2-1-3-5-13/h1-9,16H,10-12H2,(H2,20,21,24). The summed E-state index contributed by atoms with van der Waals surface area (Å²) in [5.74, 6) is 0.0628. The highest BCUT2D eigenvalue weighted by Gasteiger charge is 2.30. The second-order valence-electron chi connectivity index (χ2n) is 5.77. The zero-order chi connectivity index (χ0) is 16.9. The number of anilines is 1. The minimum atomic E-state index is -0.295. The Bertz CT molecular complexity index is 719. The van der Waals surface area contributed by atoms with E-state index in [0.29, 0.717) is 25.2 Å². The molecule has 1 fully saturated rings. The van der Waals surface area contributed by atoms with Gasteiger partial charge in [-0.05, 0) is 29.8 Å². The zero-order valence-electron chi connectivity index (χ0n) is 13.0. The molecular weight excluding hydrogens is 370 g/mol. The first kappa shape index (κ1) is 16.5. The summed E-state index contributed by atoms with van der Waals surface area (Å²) in [7, 11) is 0. The van der Waals surface area contributed by atoms with Gasteiger partial charge in [-0.25, -0.2) is 4.79 Å². The Morgan fingerprint density at radius 1 is 1.12 bits per heavy atom. The molecule has 124 valence electrons. The predicted molar refractivity (Wildman–Crippen MR) is 96.6 cm³/mol. The van der Waals surface area contributed by atoms with E-state index < -0.39 is 0 Å². The number of nitrogens with one attached hydrogen (secondary N) is 2. The van der Waals surface area contributed by atoms with Crippen molar-refractivity contribution in [2.75, 3.05) is 11.9 Å². The molecule has 1 aliphatic heterocycles. The van der Waals surface area contributed by atoms with E-state index in [1.807, 2.05) is 54.6 Å². The van der Waals surface area contributed by atoms with Crippen LogP contribution in [-0.2, 0) is 11.3 Å². The molecule has 1 atom stereocenters. The van der Waals surface area contributed by atoms with Gasteiger partial charge >= 0.3 is 6.03 Å². The fraction of sp³-hybridized carbons (Fsp3) is 0.222. The van der Waals surface area contributed by atoms with Gasteiger partial charge in [-0.2, -0.15) is 0 Å². The number of hydrogen-bond acceptors (Lipinski definition) is 2. The van der Waals surface area contributed by atoms with Crippen molar-refractivity contribution in [1.29, 1.82) is 0 Å². The number of nitrogens with zero attached hydrogens (tertiary/aromatic N) is 1. The maximum Gasteiger partial charge on any atom is 0.319 e. The summed E-state index contributed by atoms with van der Waals surface area (Å²) in [5, 5.41) is 5.64. The number of benzene rings is 2. The number of amides is 3. The second-order valence-corrected chi connectivity index (χ2v) is 6.68. The van der Waals surface area contributed by atoms with Crippen LogP contribution in [0.4, 0.5) is 10.5 Å². The van der Waals surface area contributed by atoms with Crippen LogP contribution in [-0.4, -0.2) is 29.4 Å². The molecule has 3 rings (SSSR count). The fourth-order valence-corrected chi connectivity index (χ4v) is 2.98. The lowest BCUT2D eigenvalue weighted by Crippen LogP contribution is -2.39. The summed E-state index contributed by atoms with van der Waals surface area (Å²) < 4.78 is 0.950. The summed E-state index contributed by atoms with van der Waals surface area (Å²) in [6.07, 6.45) is 0.334. The lowest BCUT2D eigenvalue weighted by molar-refractivity contribution is -0.128. The van der Waals surface area contributed by atoms with Gasteiger partial charge in [-0.1, -0.05) is 46.3 Å². The Morgan fingerprint density at radius 2 is 1.83 bits per heavy atom. The van der Waals surface area contributed by atoms with Crippen molar-refractivity contribution < 1.29 is 9.59 Å². The molecule has 0 radical (unpaired) electrons. The van der Waals surface area contributed by atoms with Crippen molar-refractivity contribution in [3.8, 4) is 0 Å². The SMILES string of the molecule is O=C(Nc1ccc(Br)cc1)NC1CC(=O)N(Cc2ccccc2)C1. The molecule has 3 amide bonds. The Hall–Kier alpha value is -2.34. The highest BCUT2D eigenvalue weighted by atomic mass is 79.9. The van der Waals surface area contributed by atoms with E-state index in [9.17, 15) is 9.59 Å². The van der Waals surface area contributed by atoms with E-state index in [2.05, 4.69) is 26.6 Å². The maximum absolute atomic E-state index is 12.1. The first-order valence-corrected chi connectivity index (χ1v) is 8.54. The number of carbonyl (C=O) groups excluding carboxylic acids is 2. The summed E-state index contributed by atoms with van der Waals surface area (Å²) in [6.45, 7) is 1.10. The fourth-order valence-electron chi connectivity index (χ4n) is 2.71. The number of halogens is 1. The van der Waals surface area contributed by atoms with Crippen LogP contribution >= 0.6 is 15.9 Å². The molecule has 6 heteroatoms. The molecule has 2 N–H and O–H groups in total. The first-order valence-electron chi connectivity index (χ1n) is 7.75. The van der Waals surface area contributed by atoms with Crippen LogP contribution in [0.2, 0.25) is 0 Å². The number of urea groups is 1. The number of carbonyl (C=O) groups is 2. The Labute approximate surface area is 149 Å². The minimum absolute atomic E-state index is 0.0628. The van der Waals surface area contributed by atoms with Crippen molar-refractivity contribution in [2.45, 2.75) is 19.0 Å². The monoisotopic (exact) mass is 387 g/mol. The third-order valence-electron chi connectivity index (χ3n) is 3.87.